The Kier molecular flexibility index (Phi) is 3.41. The fourth-order valence-electron chi connectivity index (χ4n) is 2.44. The van der Waals surface area contributed by atoms with Gasteiger partial charge in [0, 0.05) is 25.8 Å². The summed E-state index contributed by atoms with van der Waals surface area (Å²) in [5.41, 5.74) is 1.26. The summed E-state index contributed by atoms with van der Waals surface area (Å²) in [6, 6.07) is 0.641. The Morgan fingerprint density at radius 3 is 2.87 bits per heavy atom. The van der Waals surface area contributed by atoms with Crippen LogP contribution in [0.1, 0.15) is 38.3 Å². The van der Waals surface area contributed by atoms with Gasteiger partial charge >= 0.3 is 0 Å². The van der Waals surface area contributed by atoms with Gasteiger partial charge in [0.15, 0.2) is 0 Å². The fourth-order valence-corrected chi connectivity index (χ4v) is 2.44. The van der Waals surface area contributed by atoms with Crippen molar-refractivity contribution in [2.45, 2.75) is 45.2 Å². The first kappa shape index (κ1) is 10.7. The van der Waals surface area contributed by atoms with E-state index in [-0.39, 0.29) is 0 Å². The minimum absolute atomic E-state index is 0.641. The third kappa shape index (κ3) is 2.59. The first-order valence-corrected chi connectivity index (χ1v) is 5.96. The van der Waals surface area contributed by atoms with Crippen molar-refractivity contribution in [1.82, 2.24) is 14.9 Å². The maximum absolute atomic E-state index is 4.12. The first-order valence-electron chi connectivity index (χ1n) is 5.96. The summed E-state index contributed by atoms with van der Waals surface area (Å²) >= 11 is 0. The summed E-state index contributed by atoms with van der Waals surface area (Å²) in [5.74, 6) is 0.887. The molecule has 0 spiro atoms. The molecule has 1 fully saturated rings. The predicted molar refractivity (Wildman–Crippen MR) is 61.5 cm³/mol. The molecule has 0 aromatic carbocycles. The zero-order valence-electron chi connectivity index (χ0n) is 9.74. The average Bonchev–Trinajstić information content (AvgIpc) is 2.85. The van der Waals surface area contributed by atoms with E-state index in [1.165, 1.54) is 31.4 Å². The standard InChI is InChI=1S/C12H21N3/c1-10(11-5-3-4-6-11)14-8-12-7-13-9-15(12)2/h7,9-11,14H,3-6,8H2,1-2H3/t10-/m1/s1. The molecule has 3 nitrogen and oxygen atoms in total. The minimum Gasteiger partial charge on any atom is -0.337 e. The van der Waals surface area contributed by atoms with Gasteiger partial charge in [-0.1, -0.05) is 12.8 Å². The molecule has 15 heavy (non-hydrogen) atoms. The van der Waals surface area contributed by atoms with Gasteiger partial charge in [0.05, 0.1) is 12.0 Å². The van der Waals surface area contributed by atoms with Gasteiger partial charge in [-0.2, -0.15) is 0 Å². The Labute approximate surface area is 91.9 Å². The lowest BCUT2D eigenvalue weighted by Crippen LogP contribution is -2.32. The summed E-state index contributed by atoms with van der Waals surface area (Å²) in [7, 11) is 2.05. The molecule has 3 heteroatoms. The van der Waals surface area contributed by atoms with Crippen LogP contribution in [0.2, 0.25) is 0 Å². The highest BCUT2D eigenvalue weighted by Crippen LogP contribution is 2.27. The van der Waals surface area contributed by atoms with Gasteiger partial charge in [-0.25, -0.2) is 4.98 Å². The van der Waals surface area contributed by atoms with Gasteiger partial charge in [-0.3, -0.25) is 0 Å². The van der Waals surface area contributed by atoms with Gasteiger partial charge < -0.3 is 9.88 Å². The SMILES string of the molecule is C[C@@H](NCc1cncn1C)C1CCCC1. The molecular formula is C12H21N3. The zero-order valence-corrected chi connectivity index (χ0v) is 9.74. The van der Waals surface area contributed by atoms with E-state index < -0.39 is 0 Å². The molecule has 1 aliphatic rings. The molecule has 0 radical (unpaired) electrons. The summed E-state index contributed by atoms with van der Waals surface area (Å²) in [6.07, 6.45) is 9.44. The molecule has 1 atom stereocenters. The lowest BCUT2D eigenvalue weighted by Gasteiger charge is -2.20. The van der Waals surface area contributed by atoms with Crippen molar-refractivity contribution in [3.8, 4) is 0 Å². The van der Waals surface area contributed by atoms with Gasteiger partial charge in [-0.05, 0) is 25.7 Å². The lowest BCUT2D eigenvalue weighted by molar-refractivity contribution is 0.377. The molecule has 1 aliphatic carbocycles. The van der Waals surface area contributed by atoms with E-state index in [2.05, 4.69) is 21.8 Å². The normalized spacial score (nSPS) is 19.6. The van der Waals surface area contributed by atoms with Crippen molar-refractivity contribution in [1.29, 1.82) is 0 Å². The highest BCUT2D eigenvalue weighted by Gasteiger charge is 2.20. The molecule has 0 unspecified atom stereocenters. The molecule has 1 saturated carbocycles. The molecule has 1 aromatic heterocycles. The van der Waals surface area contributed by atoms with E-state index in [0.717, 1.165) is 12.5 Å². The molecule has 0 bridgehead atoms. The molecule has 2 rings (SSSR count). The number of hydrogen-bond acceptors (Lipinski definition) is 2. The molecule has 1 N–H and O–H groups in total. The molecule has 0 aliphatic heterocycles. The van der Waals surface area contributed by atoms with Crippen LogP contribution in [0.25, 0.3) is 0 Å². The molecule has 1 aromatic rings. The Morgan fingerprint density at radius 2 is 2.27 bits per heavy atom. The number of nitrogens with one attached hydrogen (secondary N) is 1. The number of aromatic nitrogens is 2. The first-order chi connectivity index (χ1) is 7.27. The van der Waals surface area contributed by atoms with Gasteiger partial charge in [0.1, 0.15) is 0 Å². The largest absolute Gasteiger partial charge is 0.337 e. The smallest absolute Gasteiger partial charge is 0.0945 e. The third-order valence-corrected chi connectivity index (χ3v) is 3.63. The molecule has 0 saturated heterocycles. The van der Waals surface area contributed by atoms with E-state index in [1.54, 1.807) is 0 Å². The van der Waals surface area contributed by atoms with Crippen LogP contribution in [0.3, 0.4) is 0 Å². The van der Waals surface area contributed by atoms with Crippen LogP contribution in [0.4, 0.5) is 0 Å². The maximum atomic E-state index is 4.12. The summed E-state index contributed by atoms with van der Waals surface area (Å²) in [4.78, 5) is 4.12. The monoisotopic (exact) mass is 207 g/mol. The number of imidazole rings is 1. The Balaban J connectivity index is 1.80. The number of aryl methyl sites for hydroxylation is 1. The van der Waals surface area contributed by atoms with Crippen molar-refractivity contribution in [2.24, 2.45) is 13.0 Å². The van der Waals surface area contributed by atoms with E-state index >= 15 is 0 Å². The second kappa shape index (κ2) is 4.79. The number of rotatable bonds is 4. The second-order valence-electron chi connectivity index (χ2n) is 4.71. The van der Waals surface area contributed by atoms with E-state index in [0.29, 0.717) is 6.04 Å². The van der Waals surface area contributed by atoms with E-state index in [9.17, 15) is 0 Å². The topological polar surface area (TPSA) is 29.9 Å². The van der Waals surface area contributed by atoms with Crippen molar-refractivity contribution >= 4 is 0 Å². The second-order valence-corrected chi connectivity index (χ2v) is 4.71. The van der Waals surface area contributed by atoms with Crippen molar-refractivity contribution in [3.63, 3.8) is 0 Å². The van der Waals surface area contributed by atoms with Crippen LogP contribution in [0.5, 0.6) is 0 Å². The molecular weight excluding hydrogens is 186 g/mol. The molecule has 0 amide bonds. The van der Waals surface area contributed by atoms with Crippen molar-refractivity contribution < 1.29 is 0 Å². The fraction of sp³-hybridized carbons (Fsp3) is 0.750. The van der Waals surface area contributed by atoms with Crippen molar-refractivity contribution in [2.75, 3.05) is 0 Å². The van der Waals surface area contributed by atoms with Crippen LogP contribution in [0, 0.1) is 5.92 Å². The number of hydrogen-bond donors (Lipinski definition) is 1. The van der Waals surface area contributed by atoms with E-state index in [1.807, 2.05) is 19.6 Å². The molecule has 1 heterocycles. The Morgan fingerprint density at radius 1 is 1.53 bits per heavy atom. The zero-order chi connectivity index (χ0) is 10.7. The Bertz CT molecular complexity index is 300. The van der Waals surface area contributed by atoms with E-state index in [4.69, 9.17) is 0 Å². The highest BCUT2D eigenvalue weighted by molar-refractivity contribution is 4.97. The predicted octanol–water partition coefficient (Wildman–Crippen LogP) is 2.09. The average molecular weight is 207 g/mol. The minimum atomic E-state index is 0.641. The van der Waals surface area contributed by atoms with Crippen LogP contribution in [0.15, 0.2) is 12.5 Å². The van der Waals surface area contributed by atoms with Gasteiger partial charge in [0.25, 0.3) is 0 Å². The summed E-state index contributed by atoms with van der Waals surface area (Å²) in [6.45, 7) is 3.25. The number of nitrogens with zero attached hydrogens (tertiary/aromatic N) is 2. The Hall–Kier alpha value is -0.830. The van der Waals surface area contributed by atoms with Crippen molar-refractivity contribution in [3.05, 3.63) is 18.2 Å². The van der Waals surface area contributed by atoms with Crippen LogP contribution in [-0.4, -0.2) is 15.6 Å². The highest BCUT2D eigenvalue weighted by atomic mass is 15.0. The maximum Gasteiger partial charge on any atom is 0.0945 e. The summed E-state index contributed by atoms with van der Waals surface area (Å²) in [5, 5.41) is 3.61. The van der Waals surface area contributed by atoms with Gasteiger partial charge in [0.2, 0.25) is 0 Å². The summed E-state index contributed by atoms with van der Waals surface area (Å²) < 4.78 is 2.08. The quantitative estimate of drug-likeness (QED) is 0.819. The lowest BCUT2D eigenvalue weighted by atomic mass is 10.00. The van der Waals surface area contributed by atoms with Crippen LogP contribution in [-0.2, 0) is 13.6 Å². The third-order valence-electron chi connectivity index (χ3n) is 3.63. The van der Waals surface area contributed by atoms with Crippen LogP contribution < -0.4 is 5.32 Å². The molecule has 84 valence electrons. The van der Waals surface area contributed by atoms with Crippen LogP contribution >= 0.6 is 0 Å². The van der Waals surface area contributed by atoms with Gasteiger partial charge in [-0.15, -0.1) is 0 Å².